The molecule has 27 heavy (non-hydrogen) atoms. The summed E-state index contributed by atoms with van der Waals surface area (Å²) in [4.78, 5) is 4.35. The zero-order chi connectivity index (χ0) is 19.7. The van der Waals surface area contributed by atoms with Crippen LogP contribution in [0.3, 0.4) is 0 Å². The van der Waals surface area contributed by atoms with Gasteiger partial charge in [0.25, 0.3) is 0 Å². The van der Waals surface area contributed by atoms with Crippen molar-refractivity contribution in [1.82, 2.24) is 0 Å². The number of aliphatic hydroxyl groups excluding tert-OH is 1. The maximum atomic E-state index is 14.9. The molecule has 2 atom stereocenters. The summed E-state index contributed by atoms with van der Waals surface area (Å²) >= 11 is 0. The van der Waals surface area contributed by atoms with E-state index in [1.54, 1.807) is 44.2 Å². The van der Waals surface area contributed by atoms with Crippen LogP contribution in [0.4, 0.5) is 18.9 Å². The maximum absolute atomic E-state index is 14.9. The van der Waals surface area contributed by atoms with E-state index in [-0.39, 0.29) is 17.7 Å². The van der Waals surface area contributed by atoms with Crippen molar-refractivity contribution < 1.29 is 23.0 Å². The van der Waals surface area contributed by atoms with Crippen LogP contribution >= 0.6 is 0 Å². The highest BCUT2D eigenvalue weighted by Gasteiger charge is 2.30. The average molecular weight is 375 g/mol. The molecule has 6 heteroatoms. The quantitative estimate of drug-likeness (QED) is 0.782. The number of aryl methyl sites for hydroxylation is 1. The molecular formula is C21H20F3NO2. The summed E-state index contributed by atoms with van der Waals surface area (Å²) in [5.74, 6) is -1.09. The Morgan fingerprint density at radius 2 is 1.89 bits per heavy atom. The van der Waals surface area contributed by atoms with Crippen molar-refractivity contribution >= 4 is 17.0 Å². The first-order valence-corrected chi connectivity index (χ1v) is 8.54. The molecule has 0 fully saturated rings. The van der Waals surface area contributed by atoms with Crippen LogP contribution in [0, 0.1) is 12.7 Å². The van der Waals surface area contributed by atoms with E-state index in [0.29, 0.717) is 28.1 Å². The monoisotopic (exact) mass is 375 g/mol. The molecule has 0 aliphatic carbocycles. The van der Waals surface area contributed by atoms with Gasteiger partial charge < -0.3 is 9.84 Å². The van der Waals surface area contributed by atoms with E-state index in [9.17, 15) is 18.3 Å². The first kappa shape index (κ1) is 19.2. The van der Waals surface area contributed by atoms with Crippen LogP contribution in [0.2, 0.25) is 0 Å². The Labute approximate surface area is 155 Å². The molecule has 0 amide bonds. The zero-order valence-corrected chi connectivity index (χ0v) is 15.0. The highest BCUT2D eigenvalue weighted by molar-refractivity contribution is 5.92. The fraction of sp³-hybridized carbons (Fsp3) is 0.286. The SMILES string of the molecule is C=C1c2c(ccc(C)c2F)/N=C(\C)C(O)C[C@@H]1c1ccccc1OC(F)F. The number of rotatable bonds is 3. The zero-order valence-electron chi connectivity index (χ0n) is 15.0. The minimum Gasteiger partial charge on any atom is -0.435 e. The smallest absolute Gasteiger partial charge is 0.387 e. The number of aliphatic hydroxyl groups is 1. The van der Waals surface area contributed by atoms with Gasteiger partial charge in [0.1, 0.15) is 11.6 Å². The van der Waals surface area contributed by atoms with E-state index in [2.05, 4.69) is 16.3 Å². The third-order valence-electron chi connectivity index (χ3n) is 4.80. The highest BCUT2D eigenvalue weighted by Crippen LogP contribution is 2.45. The molecular weight excluding hydrogens is 355 g/mol. The third-order valence-corrected chi connectivity index (χ3v) is 4.80. The Morgan fingerprint density at radius 1 is 1.19 bits per heavy atom. The Balaban J connectivity index is 2.19. The van der Waals surface area contributed by atoms with Crippen LogP contribution in [0.25, 0.3) is 5.57 Å². The summed E-state index contributed by atoms with van der Waals surface area (Å²) in [6, 6.07) is 9.58. The largest absolute Gasteiger partial charge is 0.435 e. The molecule has 1 aliphatic heterocycles. The van der Waals surface area contributed by atoms with Crippen molar-refractivity contribution in [2.24, 2.45) is 4.99 Å². The fourth-order valence-corrected chi connectivity index (χ4v) is 3.33. The number of hydrogen-bond donors (Lipinski definition) is 1. The number of hydrogen-bond acceptors (Lipinski definition) is 3. The molecule has 1 heterocycles. The molecule has 0 aromatic heterocycles. The number of alkyl halides is 2. The second-order valence-corrected chi connectivity index (χ2v) is 6.59. The van der Waals surface area contributed by atoms with Crippen LogP contribution in [-0.4, -0.2) is 23.5 Å². The minimum absolute atomic E-state index is 0.0179. The van der Waals surface area contributed by atoms with Gasteiger partial charge in [-0.3, -0.25) is 4.99 Å². The van der Waals surface area contributed by atoms with Crippen LogP contribution in [0.1, 0.15) is 36.0 Å². The summed E-state index contributed by atoms with van der Waals surface area (Å²) in [5, 5.41) is 10.5. The lowest BCUT2D eigenvalue weighted by atomic mass is 9.80. The van der Waals surface area contributed by atoms with Crippen LogP contribution in [-0.2, 0) is 0 Å². The summed E-state index contributed by atoms with van der Waals surface area (Å²) < 4.78 is 45.2. The van der Waals surface area contributed by atoms with Gasteiger partial charge in [0.05, 0.1) is 11.8 Å². The lowest BCUT2D eigenvalue weighted by Gasteiger charge is -2.28. The lowest BCUT2D eigenvalue weighted by Crippen LogP contribution is -2.23. The molecule has 1 N–H and O–H groups in total. The van der Waals surface area contributed by atoms with E-state index in [1.165, 1.54) is 6.07 Å². The highest BCUT2D eigenvalue weighted by atomic mass is 19.3. The Kier molecular flexibility index (Phi) is 5.37. The van der Waals surface area contributed by atoms with Crippen molar-refractivity contribution in [3.05, 3.63) is 65.5 Å². The number of aliphatic imine (C=N–C) groups is 1. The maximum Gasteiger partial charge on any atom is 0.387 e. The summed E-state index contributed by atoms with van der Waals surface area (Å²) in [6.07, 6.45) is -0.797. The van der Waals surface area contributed by atoms with E-state index in [4.69, 9.17) is 0 Å². The van der Waals surface area contributed by atoms with Gasteiger partial charge in [0, 0.05) is 22.8 Å². The number of fused-ring (bicyclic) bond motifs is 1. The predicted molar refractivity (Wildman–Crippen MR) is 99.4 cm³/mol. The predicted octanol–water partition coefficient (Wildman–Crippen LogP) is 5.39. The minimum atomic E-state index is -2.99. The van der Waals surface area contributed by atoms with Crippen molar-refractivity contribution in [1.29, 1.82) is 0 Å². The first-order chi connectivity index (χ1) is 12.8. The molecule has 0 saturated heterocycles. The Bertz CT molecular complexity index is 908. The van der Waals surface area contributed by atoms with Crippen LogP contribution in [0.5, 0.6) is 5.75 Å². The summed E-state index contributed by atoms with van der Waals surface area (Å²) in [5.41, 5.74) is 2.23. The normalized spacial score (nSPS) is 21.9. The van der Waals surface area contributed by atoms with Crippen LogP contribution < -0.4 is 4.74 Å². The number of allylic oxidation sites excluding steroid dienone is 1. The lowest BCUT2D eigenvalue weighted by molar-refractivity contribution is -0.0505. The van der Waals surface area contributed by atoms with Crippen molar-refractivity contribution in [3.63, 3.8) is 0 Å². The molecule has 0 radical (unpaired) electrons. The Morgan fingerprint density at radius 3 is 2.59 bits per heavy atom. The van der Waals surface area contributed by atoms with E-state index in [0.717, 1.165) is 0 Å². The van der Waals surface area contributed by atoms with E-state index in [1.807, 2.05) is 0 Å². The summed E-state index contributed by atoms with van der Waals surface area (Å²) in [6.45, 7) is 4.33. The number of ether oxygens (including phenoxy) is 1. The van der Waals surface area contributed by atoms with Crippen molar-refractivity contribution in [2.45, 2.75) is 38.9 Å². The Hall–Kier alpha value is -2.60. The number of benzene rings is 2. The molecule has 2 aromatic rings. The second-order valence-electron chi connectivity index (χ2n) is 6.59. The number of halogens is 3. The van der Waals surface area contributed by atoms with Gasteiger partial charge in [-0.2, -0.15) is 8.78 Å². The molecule has 0 spiro atoms. The number of para-hydroxylation sites is 1. The van der Waals surface area contributed by atoms with Gasteiger partial charge in [-0.05, 0) is 43.5 Å². The molecule has 1 aliphatic rings. The standard InChI is InChI=1S/C21H20F3NO2/c1-11-8-9-16-19(20(11)22)12(2)15(10-17(26)13(3)25-16)14-6-4-5-7-18(14)27-21(23)24/h4-9,15,17,21,26H,2,10H2,1,3H3/b25-13+/t15-,17?/m0/s1. The van der Waals surface area contributed by atoms with Gasteiger partial charge in [0.15, 0.2) is 0 Å². The van der Waals surface area contributed by atoms with Gasteiger partial charge >= 0.3 is 6.61 Å². The number of nitrogens with zero attached hydrogens (tertiary/aromatic N) is 1. The molecule has 3 nitrogen and oxygen atoms in total. The molecule has 3 rings (SSSR count). The molecule has 2 aromatic carbocycles. The molecule has 1 unspecified atom stereocenters. The summed E-state index contributed by atoms with van der Waals surface area (Å²) in [7, 11) is 0. The van der Waals surface area contributed by atoms with Gasteiger partial charge in [0.2, 0.25) is 0 Å². The van der Waals surface area contributed by atoms with Gasteiger partial charge in [-0.15, -0.1) is 0 Å². The molecule has 0 bridgehead atoms. The molecule has 142 valence electrons. The van der Waals surface area contributed by atoms with Crippen molar-refractivity contribution in [3.8, 4) is 5.75 Å². The van der Waals surface area contributed by atoms with Gasteiger partial charge in [-0.25, -0.2) is 4.39 Å². The fourth-order valence-electron chi connectivity index (χ4n) is 3.33. The molecule has 0 saturated carbocycles. The van der Waals surface area contributed by atoms with Crippen molar-refractivity contribution in [2.75, 3.05) is 0 Å². The first-order valence-electron chi connectivity index (χ1n) is 8.54. The second kappa shape index (κ2) is 7.56. The topological polar surface area (TPSA) is 41.8 Å². The van der Waals surface area contributed by atoms with E-state index < -0.39 is 24.5 Å². The van der Waals surface area contributed by atoms with Crippen LogP contribution in [0.15, 0.2) is 48.0 Å². The third kappa shape index (κ3) is 3.76. The van der Waals surface area contributed by atoms with Gasteiger partial charge in [-0.1, -0.05) is 30.8 Å². The average Bonchev–Trinajstić information content (AvgIpc) is 2.61. The van der Waals surface area contributed by atoms with E-state index >= 15 is 0 Å².